The van der Waals surface area contributed by atoms with Crippen LogP contribution in [0.4, 0.5) is 5.13 Å². The van der Waals surface area contributed by atoms with Gasteiger partial charge in [0.15, 0.2) is 0 Å². The van der Waals surface area contributed by atoms with Gasteiger partial charge in [0.25, 0.3) is 11.1 Å². The number of benzene rings is 1. The zero-order chi connectivity index (χ0) is 24.3. The molecule has 1 amide bonds. The first-order valence-corrected chi connectivity index (χ1v) is 12.4. The molecule has 3 aromatic rings. The molecular weight excluding hydrogens is 486 g/mol. The fourth-order valence-corrected chi connectivity index (χ4v) is 4.88. The van der Waals surface area contributed by atoms with Crippen LogP contribution in [0, 0.1) is 25.2 Å². The Balaban J connectivity index is 1.94. The Morgan fingerprint density at radius 2 is 2.09 bits per heavy atom. The molecule has 2 aromatic heterocycles. The van der Waals surface area contributed by atoms with Gasteiger partial charge >= 0.3 is 0 Å². The van der Waals surface area contributed by atoms with Crippen LogP contribution >= 0.6 is 23.1 Å². The van der Waals surface area contributed by atoms with E-state index in [4.69, 9.17) is 16.3 Å². The van der Waals surface area contributed by atoms with Gasteiger partial charge in [0, 0.05) is 27.9 Å². The molecule has 33 heavy (non-hydrogen) atoms. The van der Waals surface area contributed by atoms with Crippen LogP contribution in [-0.4, -0.2) is 41.1 Å². The minimum atomic E-state index is -3.60. The van der Waals surface area contributed by atoms with Crippen LogP contribution < -0.4 is 10.1 Å². The largest absolute Gasteiger partial charge is 0.495 e. The second kappa shape index (κ2) is 9.74. The summed E-state index contributed by atoms with van der Waals surface area (Å²) in [6.45, 7) is 5.20. The molecule has 2 heterocycles. The van der Waals surface area contributed by atoms with Gasteiger partial charge in [-0.15, -0.1) is 0 Å². The number of sulfone groups is 1. The molecule has 1 aromatic carbocycles. The number of hydrogen-bond acceptors (Lipinski definition) is 8. The molecule has 0 bridgehead atoms. The average Bonchev–Trinajstić information content (AvgIpc) is 3.36. The van der Waals surface area contributed by atoms with E-state index in [1.54, 1.807) is 25.3 Å². The van der Waals surface area contributed by atoms with Crippen molar-refractivity contribution in [1.82, 2.24) is 13.9 Å². The molecule has 0 atom stereocenters. The molecule has 0 aliphatic carbocycles. The summed E-state index contributed by atoms with van der Waals surface area (Å²) in [6, 6.07) is 8.96. The summed E-state index contributed by atoms with van der Waals surface area (Å²) in [7, 11) is -2.04. The van der Waals surface area contributed by atoms with Crippen molar-refractivity contribution in [2.45, 2.75) is 25.9 Å². The molecule has 0 saturated carbocycles. The van der Waals surface area contributed by atoms with Crippen molar-refractivity contribution < 1.29 is 17.9 Å². The van der Waals surface area contributed by atoms with Crippen molar-refractivity contribution in [2.24, 2.45) is 0 Å². The van der Waals surface area contributed by atoms with E-state index in [-0.39, 0.29) is 21.6 Å². The predicted molar refractivity (Wildman–Crippen MR) is 127 cm³/mol. The summed E-state index contributed by atoms with van der Waals surface area (Å²) in [5.41, 5.74) is 2.80. The number of ether oxygens (including phenoxy) is 1. The van der Waals surface area contributed by atoms with Gasteiger partial charge in [-0.1, -0.05) is 18.5 Å². The molecule has 12 heteroatoms. The summed E-state index contributed by atoms with van der Waals surface area (Å²) >= 11 is 6.90. The number of carbonyl (C=O) groups is 1. The van der Waals surface area contributed by atoms with Gasteiger partial charge in [-0.25, -0.2) is 8.42 Å². The highest BCUT2D eigenvalue weighted by Crippen LogP contribution is 2.31. The third-order valence-corrected chi connectivity index (χ3v) is 7.28. The first-order valence-electron chi connectivity index (χ1n) is 9.63. The van der Waals surface area contributed by atoms with Gasteiger partial charge in [0.2, 0.25) is 15.0 Å². The molecule has 0 spiro atoms. The maximum absolute atomic E-state index is 12.6. The minimum absolute atomic E-state index is 0.0117. The summed E-state index contributed by atoms with van der Waals surface area (Å²) in [5.74, 6) is -0.267. The summed E-state index contributed by atoms with van der Waals surface area (Å²) in [5, 5.41) is 12.2. The Hall–Kier alpha value is -3.20. The highest BCUT2D eigenvalue weighted by Gasteiger charge is 2.21. The Morgan fingerprint density at radius 1 is 1.36 bits per heavy atom. The van der Waals surface area contributed by atoms with E-state index < -0.39 is 15.7 Å². The summed E-state index contributed by atoms with van der Waals surface area (Å²) in [4.78, 5) is 16.5. The van der Waals surface area contributed by atoms with Crippen molar-refractivity contribution in [2.75, 3.05) is 18.2 Å². The van der Waals surface area contributed by atoms with E-state index in [0.29, 0.717) is 16.3 Å². The van der Waals surface area contributed by atoms with Crippen LogP contribution in [0.15, 0.2) is 35.0 Å². The molecule has 0 fully saturated rings. The monoisotopic (exact) mass is 505 g/mol. The van der Waals surface area contributed by atoms with Crippen LogP contribution in [0.2, 0.25) is 5.02 Å². The molecule has 0 aliphatic rings. The number of carbonyl (C=O) groups excluding carboxylic acids is 1. The number of anilines is 1. The topological polar surface area (TPSA) is 127 Å². The predicted octanol–water partition coefficient (Wildman–Crippen LogP) is 3.95. The van der Waals surface area contributed by atoms with Gasteiger partial charge in [-0.3, -0.25) is 10.1 Å². The number of nitrogens with one attached hydrogen (secondary N) is 1. The van der Waals surface area contributed by atoms with Crippen molar-refractivity contribution in [3.05, 3.63) is 51.8 Å². The highest BCUT2D eigenvalue weighted by molar-refractivity contribution is 7.91. The minimum Gasteiger partial charge on any atom is -0.495 e. The van der Waals surface area contributed by atoms with Crippen molar-refractivity contribution >= 4 is 50.1 Å². The normalized spacial score (nSPS) is 11.8. The first kappa shape index (κ1) is 24.4. The van der Waals surface area contributed by atoms with Crippen LogP contribution in [0.3, 0.4) is 0 Å². The number of aryl methyl sites for hydroxylation is 1. The van der Waals surface area contributed by atoms with E-state index in [0.717, 1.165) is 28.6 Å². The van der Waals surface area contributed by atoms with Gasteiger partial charge in [0.05, 0.1) is 18.6 Å². The lowest BCUT2D eigenvalue weighted by Crippen LogP contribution is -2.14. The van der Waals surface area contributed by atoms with Crippen LogP contribution in [-0.2, 0) is 14.6 Å². The zero-order valence-electron chi connectivity index (χ0n) is 18.2. The number of aromatic nitrogens is 3. The molecule has 0 unspecified atom stereocenters. The average molecular weight is 506 g/mol. The Morgan fingerprint density at radius 3 is 2.73 bits per heavy atom. The van der Waals surface area contributed by atoms with Crippen molar-refractivity contribution in [3.63, 3.8) is 0 Å². The van der Waals surface area contributed by atoms with E-state index in [9.17, 15) is 18.5 Å². The quantitative estimate of drug-likeness (QED) is 0.380. The van der Waals surface area contributed by atoms with Crippen LogP contribution in [0.5, 0.6) is 5.75 Å². The smallest absolute Gasteiger partial charge is 0.268 e. The van der Waals surface area contributed by atoms with E-state index >= 15 is 0 Å². The van der Waals surface area contributed by atoms with Crippen molar-refractivity contribution in [1.29, 1.82) is 5.26 Å². The maximum atomic E-state index is 12.6. The lowest BCUT2D eigenvalue weighted by atomic mass is 10.1. The lowest BCUT2D eigenvalue weighted by molar-refractivity contribution is -0.112. The zero-order valence-corrected chi connectivity index (χ0v) is 20.6. The summed E-state index contributed by atoms with van der Waals surface area (Å²) in [6.07, 6.45) is 1.45. The molecule has 9 nitrogen and oxygen atoms in total. The molecule has 172 valence electrons. The van der Waals surface area contributed by atoms with Gasteiger partial charge < -0.3 is 9.30 Å². The maximum Gasteiger partial charge on any atom is 0.268 e. The Bertz CT molecular complexity index is 1400. The molecular formula is C21H20ClN5O4S2. The Labute approximate surface area is 200 Å². The molecule has 3 rings (SSSR count). The third-order valence-electron chi connectivity index (χ3n) is 4.80. The van der Waals surface area contributed by atoms with Gasteiger partial charge in [-0.05, 0) is 49.8 Å². The standard InChI is InChI=1S/C21H20ClN5O4S2/c1-5-33(29,30)21-25-20(32-26-21)24-19(28)15(11-23)9-14-8-12(2)27(13(14)3)17-10-16(22)6-7-18(17)31-4/h6-10H,5H2,1-4H3,(H,24,25,26,28). The molecule has 0 aliphatic heterocycles. The number of methoxy groups -OCH3 is 1. The van der Waals surface area contributed by atoms with Gasteiger partial charge in [0.1, 0.15) is 17.4 Å². The van der Waals surface area contributed by atoms with Crippen LogP contribution in [0.25, 0.3) is 11.8 Å². The second-order valence-corrected chi connectivity index (χ2v) is 10.2. The lowest BCUT2D eigenvalue weighted by Gasteiger charge is -2.14. The van der Waals surface area contributed by atoms with E-state index in [1.807, 2.05) is 30.6 Å². The number of amides is 1. The van der Waals surface area contributed by atoms with E-state index in [2.05, 4.69) is 14.7 Å². The molecule has 0 saturated heterocycles. The van der Waals surface area contributed by atoms with Crippen LogP contribution in [0.1, 0.15) is 23.9 Å². The Kier molecular flexibility index (Phi) is 7.22. The fourth-order valence-electron chi connectivity index (χ4n) is 3.13. The number of nitriles is 1. The SMILES string of the molecule is CCS(=O)(=O)c1nsc(NC(=O)C(C#N)=Cc2cc(C)n(-c3cc(Cl)ccc3OC)c2C)n1. The van der Waals surface area contributed by atoms with E-state index in [1.165, 1.54) is 13.0 Å². The number of hydrogen-bond donors (Lipinski definition) is 1. The number of nitrogens with zero attached hydrogens (tertiary/aromatic N) is 4. The summed E-state index contributed by atoms with van der Waals surface area (Å²) < 4.78 is 34.9. The fraction of sp³-hybridized carbons (Fsp3) is 0.238. The first-order chi connectivity index (χ1) is 15.6. The van der Waals surface area contributed by atoms with Crippen molar-refractivity contribution in [3.8, 4) is 17.5 Å². The highest BCUT2D eigenvalue weighted by atomic mass is 35.5. The second-order valence-electron chi connectivity index (χ2n) is 6.89. The third kappa shape index (κ3) is 5.08. The van der Waals surface area contributed by atoms with Gasteiger partial charge in [-0.2, -0.15) is 14.6 Å². The number of halogens is 1. The number of rotatable bonds is 7. The molecule has 0 radical (unpaired) electrons. The molecule has 1 N–H and O–H groups in total.